The second-order valence-corrected chi connectivity index (χ2v) is 5.19. The largest absolute Gasteiger partial charge is 0.480 e. The van der Waals surface area contributed by atoms with Crippen molar-refractivity contribution in [1.82, 2.24) is 14.9 Å². The summed E-state index contributed by atoms with van der Waals surface area (Å²) in [7, 11) is 0. The van der Waals surface area contributed by atoms with Gasteiger partial charge in [0, 0.05) is 18.4 Å². The molecule has 108 valence electrons. The van der Waals surface area contributed by atoms with Crippen LogP contribution in [0.25, 0.3) is 11.0 Å². The quantitative estimate of drug-likeness (QED) is 0.924. The maximum absolute atomic E-state index is 12.8. The number of carboxylic acid groups (broad SMARTS) is 1. The normalized spacial score (nSPS) is 15.7. The van der Waals surface area contributed by atoms with E-state index in [1.807, 2.05) is 0 Å². The number of carbonyl (C=O) groups is 2. The van der Waals surface area contributed by atoms with Crippen molar-refractivity contribution in [2.24, 2.45) is 0 Å². The molecular weight excluding hydrogens is 270 g/mol. The summed E-state index contributed by atoms with van der Waals surface area (Å²) in [4.78, 5) is 33.9. The highest BCUT2D eigenvalue weighted by Gasteiger charge is 2.39. The molecule has 1 saturated carbocycles. The Morgan fingerprint density at radius 2 is 2.00 bits per heavy atom. The molecule has 1 aliphatic rings. The topological polar surface area (TPSA) is 83.4 Å². The molecule has 2 aromatic rings. The Morgan fingerprint density at radius 1 is 1.29 bits per heavy atom. The average molecular weight is 285 g/mol. The van der Waals surface area contributed by atoms with Gasteiger partial charge in [0.15, 0.2) is 0 Å². The Balaban J connectivity index is 2.04. The van der Waals surface area contributed by atoms with Crippen LogP contribution in [-0.4, -0.2) is 43.9 Å². The van der Waals surface area contributed by atoms with Crippen molar-refractivity contribution < 1.29 is 14.7 Å². The number of amides is 1. The lowest BCUT2D eigenvalue weighted by atomic mass is 10.1. The van der Waals surface area contributed by atoms with Crippen molar-refractivity contribution in [2.75, 3.05) is 0 Å². The van der Waals surface area contributed by atoms with Gasteiger partial charge in [0.25, 0.3) is 5.91 Å². The number of carbonyl (C=O) groups excluding carboxylic acids is 1. The first-order valence-electron chi connectivity index (χ1n) is 6.85. The van der Waals surface area contributed by atoms with Crippen LogP contribution in [-0.2, 0) is 4.79 Å². The van der Waals surface area contributed by atoms with Crippen molar-refractivity contribution in [3.63, 3.8) is 0 Å². The molecule has 0 spiro atoms. The van der Waals surface area contributed by atoms with E-state index < -0.39 is 12.0 Å². The molecule has 1 aromatic heterocycles. The van der Waals surface area contributed by atoms with Gasteiger partial charge in [-0.2, -0.15) is 0 Å². The number of benzene rings is 1. The van der Waals surface area contributed by atoms with E-state index in [9.17, 15) is 14.7 Å². The Labute approximate surface area is 121 Å². The molecule has 21 heavy (non-hydrogen) atoms. The summed E-state index contributed by atoms with van der Waals surface area (Å²) in [5, 5.41) is 9.22. The van der Waals surface area contributed by atoms with Crippen LogP contribution in [0.1, 0.15) is 30.1 Å². The smallest absolute Gasteiger partial charge is 0.326 e. The van der Waals surface area contributed by atoms with Crippen LogP contribution >= 0.6 is 0 Å². The van der Waals surface area contributed by atoms with E-state index in [-0.39, 0.29) is 11.9 Å². The van der Waals surface area contributed by atoms with E-state index in [1.54, 1.807) is 24.4 Å². The summed E-state index contributed by atoms with van der Waals surface area (Å²) in [5.74, 6) is -1.29. The van der Waals surface area contributed by atoms with Crippen molar-refractivity contribution >= 4 is 22.9 Å². The van der Waals surface area contributed by atoms with Gasteiger partial charge in [-0.3, -0.25) is 14.8 Å². The van der Waals surface area contributed by atoms with Crippen molar-refractivity contribution in [3.05, 3.63) is 36.2 Å². The fourth-order valence-corrected chi connectivity index (χ4v) is 2.43. The molecule has 1 heterocycles. The molecule has 6 nitrogen and oxygen atoms in total. The molecule has 1 aliphatic carbocycles. The Morgan fingerprint density at radius 3 is 2.67 bits per heavy atom. The number of aliphatic carboxylic acids is 1. The predicted octanol–water partition coefficient (Wildman–Crippen LogP) is 1.71. The molecule has 1 aromatic carbocycles. The number of hydrogen-bond acceptors (Lipinski definition) is 4. The minimum atomic E-state index is -0.999. The van der Waals surface area contributed by atoms with Gasteiger partial charge in [-0.1, -0.05) is 6.07 Å². The highest BCUT2D eigenvalue weighted by molar-refractivity contribution is 6.05. The summed E-state index contributed by atoms with van der Waals surface area (Å²) in [6, 6.07) is 4.35. The van der Waals surface area contributed by atoms with E-state index in [0.717, 1.165) is 12.8 Å². The fourth-order valence-electron chi connectivity index (χ4n) is 2.43. The summed E-state index contributed by atoms with van der Waals surface area (Å²) in [5.41, 5.74) is 1.54. The lowest BCUT2D eigenvalue weighted by Crippen LogP contribution is -2.44. The second-order valence-electron chi connectivity index (χ2n) is 5.19. The van der Waals surface area contributed by atoms with Gasteiger partial charge in [0.05, 0.1) is 11.1 Å². The number of nitrogens with zero attached hydrogens (tertiary/aromatic N) is 3. The first kappa shape index (κ1) is 13.5. The van der Waals surface area contributed by atoms with Crippen LogP contribution in [0.5, 0.6) is 0 Å². The van der Waals surface area contributed by atoms with Crippen LogP contribution in [0.15, 0.2) is 30.6 Å². The number of fused-ring (bicyclic) bond motifs is 1. The molecule has 1 N–H and O–H groups in total. The number of para-hydroxylation sites is 1. The number of hydrogen-bond donors (Lipinski definition) is 1. The molecule has 1 atom stereocenters. The van der Waals surface area contributed by atoms with Crippen molar-refractivity contribution in [2.45, 2.75) is 31.8 Å². The van der Waals surface area contributed by atoms with E-state index >= 15 is 0 Å². The highest BCUT2D eigenvalue weighted by Crippen LogP contribution is 2.31. The Bertz CT molecular complexity index is 707. The maximum Gasteiger partial charge on any atom is 0.326 e. The third-order valence-corrected chi connectivity index (χ3v) is 3.68. The fraction of sp³-hybridized carbons (Fsp3) is 0.333. The number of rotatable bonds is 4. The molecule has 0 radical (unpaired) electrons. The summed E-state index contributed by atoms with van der Waals surface area (Å²) in [6.07, 6.45) is 4.79. The molecule has 1 fully saturated rings. The molecule has 0 bridgehead atoms. The molecule has 0 saturated heterocycles. The number of carboxylic acids is 1. The molecule has 0 aliphatic heterocycles. The Kier molecular flexibility index (Phi) is 3.29. The van der Waals surface area contributed by atoms with Crippen molar-refractivity contribution in [1.29, 1.82) is 0 Å². The van der Waals surface area contributed by atoms with E-state index in [0.29, 0.717) is 16.6 Å². The highest BCUT2D eigenvalue weighted by atomic mass is 16.4. The van der Waals surface area contributed by atoms with Gasteiger partial charge in [-0.05, 0) is 31.9 Å². The van der Waals surface area contributed by atoms with Gasteiger partial charge < -0.3 is 10.0 Å². The monoisotopic (exact) mass is 285 g/mol. The predicted molar refractivity (Wildman–Crippen MR) is 75.8 cm³/mol. The summed E-state index contributed by atoms with van der Waals surface area (Å²) in [6.45, 7) is 1.54. The van der Waals surface area contributed by atoms with Gasteiger partial charge >= 0.3 is 5.97 Å². The minimum Gasteiger partial charge on any atom is -0.480 e. The van der Waals surface area contributed by atoms with Gasteiger partial charge in [-0.25, -0.2) is 4.79 Å². The van der Waals surface area contributed by atoms with Crippen LogP contribution in [0.2, 0.25) is 0 Å². The summed E-state index contributed by atoms with van der Waals surface area (Å²) < 4.78 is 0. The van der Waals surface area contributed by atoms with Crippen LogP contribution in [0.4, 0.5) is 0 Å². The van der Waals surface area contributed by atoms with E-state index in [2.05, 4.69) is 9.97 Å². The lowest BCUT2D eigenvalue weighted by molar-refractivity contribution is -0.141. The first-order valence-corrected chi connectivity index (χ1v) is 6.85. The van der Waals surface area contributed by atoms with Crippen LogP contribution in [0.3, 0.4) is 0 Å². The standard InChI is InChI=1S/C15H15N3O3/c1-9(15(20)21)18(10-5-6-10)14(19)11-3-2-4-12-13(11)17-8-7-16-12/h2-4,7-10H,5-6H2,1H3,(H,20,21). The lowest BCUT2D eigenvalue weighted by Gasteiger charge is -2.26. The first-order chi connectivity index (χ1) is 10.1. The maximum atomic E-state index is 12.8. The van der Waals surface area contributed by atoms with Crippen molar-refractivity contribution in [3.8, 4) is 0 Å². The van der Waals surface area contributed by atoms with Gasteiger partial charge in [0.1, 0.15) is 11.6 Å². The van der Waals surface area contributed by atoms with E-state index in [4.69, 9.17) is 0 Å². The summed E-state index contributed by atoms with van der Waals surface area (Å²) >= 11 is 0. The second kappa shape index (κ2) is 5.12. The Hall–Kier alpha value is -2.50. The number of aromatic nitrogens is 2. The zero-order valence-corrected chi connectivity index (χ0v) is 11.6. The van der Waals surface area contributed by atoms with E-state index in [1.165, 1.54) is 18.0 Å². The van der Waals surface area contributed by atoms with Gasteiger partial charge in [-0.15, -0.1) is 0 Å². The van der Waals surface area contributed by atoms with Crippen LogP contribution < -0.4 is 0 Å². The zero-order chi connectivity index (χ0) is 15.0. The molecule has 1 unspecified atom stereocenters. The van der Waals surface area contributed by atoms with Gasteiger partial charge in [0.2, 0.25) is 0 Å². The molecule has 3 rings (SSSR count). The average Bonchev–Trinajstić information content (AvgIpc) is 3.31. The molecule has 1 amide bonds. The minimum absolute atomic E-state index is 0.00975. The molecule has 6 heteroatoms. The SMILES string of the molecule is CC(C(=O)O)N(C(=O)c1cccc2nccnc12)C1CC1. The zero-order valence-electron chi connectivity index (χ0n) is 11.6. The molecular formula is C15H15N3O3. The third-order valence-electron chi connectivity index (χ3n) is 3.68. The van der Waals surface area contributed by atoms with Crippen LogP contribution in [0, 0.1) is 0 Å². The third kappa shape index (κ3) is 2.44.